The monoisotopic (exact) mass is 272 g/mol. The van der Waals surface area contributed by atoms with E-state index in [0.717, 1.165) is 12.1 Å². The summed E-state index contributed by atoms with van der Waals surface area (Å²) in [5.74, 6) is 0.745. The van der Waals surface area contributed by atoms with Crippen LogP contribution >= 0.6 is 0 Å². The second-order valence-electron chi connectivity index (χ2n) is 4.86. The zero-order chi connectivity index (χ0) is 14.4. The highest BCUT2D eigenvalue weighted by atomic mass is 16.5. The fourth-order valence-corrected chi connectivity index (χ4v) is 1.84. The lowest BCUT2D eigenvalue weighted by Crippen LogP contribution is -2.14. The third kappa shape index (κ3) is 3.95. The molecule has 2 rings (SSSR count). The standard InChI is InChI=1S/C16H20N2O2/c1-3-13(2)18-10-9-14(17-18)11-15(19)12-20-16-7-5-4-6-8-16/h4-10,13H,3,11-12H2,1-2H3. The average molecular weight is 272 g/mol. The van der Waals surface area contributed by atoms with E-state index in [9.17, 15) is 4.79 Å². The molecule has 0 amide bonds. The third-order valence-corrected chi connectivity index (χ3v) is 3.23. The molecular weight excluding hydrogens is 252 g/mol. The Morgan fingerprint density at radius 3 is 2.75 bits per heavy atom. The number of Topliss-reactive ketones (excluding diaryl/α,β-unsaturated/α-hetero) is 1. The minimum atomic E-state index is 0.0308. The van der Waals surface area contributed by atoms with Crippen molar-refractivity contribution in [1.29, 1.82) is 0 Å². The van der Waals surface area contributed by atoms with Crippen molar-refractivity contribution in [3.8, 4) is 5.75 Å². The first-order valence-electron chi connectivity index (χ1n) is 6.92. The minimum absolute atomic E-state index is 0.0308. The molecule has 0 saturated heterocycles. The number of ketones is 1. The fourth-order valence-electron chi connectivity index (χ4n) is 1.84. The highest BCUT2D eigenvalue weighted by Gasteiger charge is 2.09. The Hall–Kier alpha value is -2.10. The van der Waals surface area contributed by atoms with Gasteiger partial charge < -0.3 is 4.74 Å². The van der Waals surface area contributed by atoms with Crippen LogP contribution in [0.4, 0.5) is 0 Å². The molecule has 0 spiro atoms. The van der Waals surface area contributed by atoms with Crippen molar-refractivity contribution in [2.45, 2.75) is 32.7 Å². The maximum Gasteiger partial charge on any atom is 0.176 e. The summed E-state index contributed by atoms with van der Waals surface area (Å²) in [4.78, 5) is 11.9. The quantitative estimate of drug-likeness (QED) is 0.778. The molecule has 0 aliphatic heterocycles. The van der Waals surface area contributed by atoms with E-state index in [1.165, 1.54) is 0 Å². The molecule has 0 aliphatic rings. The van der Waals surface area contributed by atoms with Gasteiger partial charge in [-0.25, -0.2) is 0 Å². The minimum Gasteiger partial charge on any atom is -0.486 e. The molecule has 106 valence electrons. The number of carbonyl (C=O) groups is 1. The van der Waals surface area contributed by atoms with E-state index in [-0.39, 0.29) is 12.4 Å². The molecule has 0 N–H and O–H groups in total. The van der Waals surface area contributed by atoms with Crippen LogP contribution in [0.25, 0.3) is 0 Å². The predicted octanol–water partition coefficient (Wildman–Crippen LogP) is 3.04. The fraction of sp³-hybridized carbons (Fsp3) is 0.375. The van der Waals surface area contributed by atoms with Crippen LogP contribution in [0, 0.1) is 0 Å². The molecule has 4 nitrogen and oxygen atoms in total. The summed E-state index contributed by atoms with van der Waals surface area (Å²) < 4.78 is 7.33. The van der Waals surface area contributed by atoms with Gasteiger partial charge in [0.25, 0.3) is 0 Å². The number of carbonyl (C=O) groups excluding carboxylic acids is 1. The number of hydrogen-bond acceptors (Lipinski definition) is 3. The molecule has 1 aromatic heterocycles. The Morgan fingerprint density at radius 1 is 1.30 bits per heavy atom. The summed E-state index contributed by atoms with van der Waals surface area (Å²) in [5.41, 5.74) is 0.798. The Labute approximate surface area is 119 Å². The summed E-state index contributed by atoms with van der Waals surface area (Å²) >= 11 is 0. The number of aromatic nitrogens is 2. The Bertz CT molecular complexity index is 549. The second kappa shape index (κ2) is 6.89. The zero-order valence-electron chi connectivity index (χ0n) is 12.0. The molecule has 0 fully saturated rings. The topological polar surface area (TPSA) is 44.1 Å². The molecule has 1 atom stereocenters. The van der Waals surface area contributed by atoms with Crippen LogP contribution in [-0.2, 0) is 11.2 Å². The Kier molecular flexibility index (Phi) is 4.93. The number of para-hydroxylation sites is 1. The average Bonchev–Trinajstić information content (AvgIpc) is 2.94. The second-order valence-corrected chi connectivity index (χ2v) is 4.86. The summed E-state index contributed by atoms with van der Waals surface area (Å²) in [7, 11) is 0. The Morgan fingerprint density at radius 2 is 2.05 bits per heavy atom. The molecule has 1 heterocycles. The zero-order valence-corrected chi connectivity index (χ0v) is 12.0. The first-order chi connectivity index (χ1) is 9.69. The lowest BCUT2D eigenvalue weighted by molar-refractivity contribution is -0.120. The predicted molar refractivity (Wildman–Crippen MR) is 77.9 cm³/mol. The van der Waals surface area contributed by atoms with E-state index in [0.29, 0.717) is 18.2 Å². The van der Waals surface area contributed by atoms with Crippen molar-refractivity contribution in [3.05, 3.63) is 48.3 Å². The van der Waals surface area contributed by atoms with Gasteiger partial charge in [-0.05, 0) is 31.5 Å². The number of rotatable bonds is 7. The molecule has 2 aromatic rings. The Balaban J connectivity index is 1.84. The summed E-state index contributed by atoms with van der Waals surface area (Å²) in [6, 6.07) is 11.6. The van der Waals surface area contributed by atoms with E-state index in [2.05, 4.69) is 18.9 Å². The van der Waals surface area contributed by atoms with E-state index < -0.39 is 0 Å². The van der Waals surface area contributed by atoms with Gasteiger partial charge in [-0.2, -0.15) is 5.10 Å². The van der Waals surface area contributed by atoms with E-state index >= 15 is 0 Å². The van der Waals surface area contributed by atoms with Gasteiger partial charge in [-0.15, -0.1) is 0 Å². The highest BCUT2D eigenvalue weighted by molar-refractivity contribution is 5.81. The SMILES string of the molecule is CCC(C)n1ccc(CC(=O)COc2ccccc2)n1. The van der Waals surface area contributed by atoms with Crippen LogP contribution in [0.5, 0.6) is 5.75 Å². The molecule has 0 aliphatic carbocycles. The number of benzene rings is 1. The maximum absolute atomic E-state index is 11.9. The number of nitrogens with zero attached hydrogens (tertiary/aromatic N) is 2. The highest BCUT2D eigenvalue weighted by Crippen LogP contribution is 2.11. The summed E-state index contributed by atoms with van der Waals surface area (Å²) in [5, 5.41) is 4.42. The van der Waals surface area contributed by atoms with Gasteiger partial charge in [0.15, 0.2) is 5.78 Å². The van der Waals surface area contributed by atoms with Crippen molar-refractivity contribution >= 4 is 5.78 Å². The van der Waals surface area contributed by atoms with Gasteiger partial charge >= 0.3 is 0 Å². The van der Waals surface area contributed by atoms with Crippen molar-refractivity contribution in [1.82, 2.24) is 9.78 Å². The van der Waals surface area contributed by atoms with Gasteiger partial charge in [0.05, 0.1) is 12.1 Å². The van der Waals surface area contributed by atoms with Crippen molar-refractivity contribution in [2.75, 3.05) is 6.61 Å². The van der Waals surface area contributed by atoms with Crippen molar-refractivity contribution < 1.29 is 9.53 Å². The molecule has 0 bridgehead atoms. The largest absolute Gasteiger partial charge is 0.486 e. The summed E-state index contributed by atoms with van der Waals surface area (Å²) in [6.07, 6.45) is 3.26. The van der Waals surface area contributed by atoms with Crippen LogP contribution < -0.4 is 4.74 Å². The molecule has 1 unspecified atom stereocenters. The van der Waals surface area contributed by atoms with Crippen LogP contribution in [0.3, 0.4) is 0 Å². The lowest BCUT2D eigenvalue weighted by Gasteiger charge is -2.08. The smallest absolute Gasteiger partial charge is 0.176 e. The van der Waals surface area contributed by atoms with Gasteiger partial charge in [0, 0.05) is 12.2 Å². The van der Waals surface area contributed by atoms with Gasteiger partial charge in [-0.3, -0.25) is 9.48 Å². The van der Waals surface area contributed by atoms with Crippen LogP contribution in [0.1, 0.15) is 32.0 Å². The van der Waals surface area contributed by atoms with Gasteiger partial charge in [0.1, 0.15) is 12.4 Å². The lowest BCUT2D eigenvalue weighted by atomic mass is 10.2. The first-order valence-corrected chi connectivity index (χ1v) is 6.92. The van der Waals surface area contributed by atoms with Gasteiger partial charge in [-0.1, -0.05) is 25.1 Å². The van der Waals surface area contributed by atoms with Crippen LogP contribution in [0.15, 0.2) is 42.6 Å². The maximum atomic E-state index is 11.9. The third-order valence-electron chi connectivity index (χ3n) is 3.23. The van der Waals surface area contributed by atoms with E-state index in [4.69, 9.17) is 4.74 Å². The number of ether oxygens (including phenoxy) is 1. The molecular formula is C16H20N2O2. The van der Waals surface area contributed by atoms with E-state index in [1.807, 2.05) is 47.3 Å². The molecule has 0 saturated carbocycles. The van der Waals surface area contributed by atoms with E-state index in [1.54, 1.807) is 0 Å². The van der Waals surface area contributed by atoms with Gasteiger partial charge in [0.2, 0.25) is 0 Å². The molecule has 20 heavy (non-hydrogen) atoms. The summed E-state index contributed by atoms with van der Waals surface area (Å²) in [6.45, 7) is 4.31. The molecule has 0 radical (unpaired) electrons. The normalized spacial score (nSPS) is 12.1. The molecule has 1 aromatic carbocycles. The first kappa shape index (κ1) is 14.3. The van der Waals surface area contributed by atoms with Crippen molar-refractivity contribution in [3.63, 3.8) is 0 Å². The van der Waals surface area contributed by atoms with Crippen LogP contribution in [-0.4, -0.2) is 22.2 Å². The van der Waals surface area contributed by atoms with Crippen molar-refractivity contribution in [2.24, 2.45) is 0 Å². The molecule has 4 heteroatoms. The van der Waals surface area contributed by atoms with Crippen LogP contribution in [0.2, 0.25) is 0 Å². The number of hydrogen-bond donors (Lipinski definition) is 0.